The summed E-state index contributed by atoms with van der Waals surface area (Å²) in [6.07, 6.45) is 2.55. The fraction of sp³-hybridized carbons (Fsp3) is 0.364. The Morgan fingerprint density at radius 1 is 1.12 bits per heavy atom. The van der Waals surface area contributed by atoms with Crippen LogP contribution in [0.4, 0.5) is 0 Å². The van der Waals surface area contributed by atoms with Crippen LogP contribution in [0.25, 0.3) is 6.08 Å². The van der Waals surface area contributed by atoms with Gasteiger partial charge < -0.3 is 14.7 Å². The molecule has 2 aromatic rings. The summed E-state index contributed by atoms with van der Waals surface area (Å²) in [5.74, 6) is 0.981. The van der Waals surface area contributed by atoms with Crippen LogP contribution in [0.2, 0.25) is 0 Å². The van der Waals surface area contributed by atoms with Crippen LogP contribution >= 0.6 is 0 Å². The first-order valence-electron chi connectivity index (χ1n) is 8.72. The standard InChI is InChI=1S/C22H29NO2/c1-17(24)13-22(19-11-8-12-21(15-19)25-4)20(16-23(2)3)14-18-9-6-5-7-10-18/h5-12,14-15,17,22,24H,13,16H2,1-4H3/b20-14+. The highest BCUT2D eigenvalue weighted by molar-refractivity contribution is 5.56. The summed E-state index contributed by atoms with van der Waals surface area (Å²) in [6.45, 7) is 2.69. The molecule has 3 nitrogen and oxygen atoms in total. The molecule has 0 aliphatic carbocycles. The summed E-state index contributed by atoms with van der Waals surface area (Å²) in [7, 11) is 5.83. The fourth-order valence-electron chi connectivity index (χ4n) is 3.09. The minimum absolute atomic E-state index is 0.137. The Labute approximate surface area is 151 Å². The third kappa shape index (κ3) is 6.04. The summed E-state index contributed by atoms with van der Waals surface area (Å²) in [4.78, 5) is 2.17. The zero-order chi connectivity index (χ0) is 18.2. The Morgan fingerprint density at radius 2 is 1.84 bits per heavy atom. The van der Waals surface area contributed by atoms with Gasteiger partial charge in [-0.15, -0.1) is 0 Å². The summed E-state index contributed by atoms with van der Waals surface area (Å²) < 4.78 is 5.40. The van der Waals surface area contributed by atoms with Gasteiger partial charge in [-0.05, 0) is 56.3 Å². The largest absolute Gasteiger partial charge is 0.497 e. The van der Waals surface area contributed by atoms with E-state index in [9.17, 15) is 5.11 Å². The van der Waals surface area contributed by atoms with Gasteiger partial charge in [-0.1, -0.05) is 48.5 Å². The predicted molar refractivity (Wildman–Crippen MR) is 105 cm³/mol. The Balaban J connectivity index is 2.47. The van der Waals surface area contributed by atoms with Gasteiger partial charge in [0.25, 0.3) is 0 Å². The topological polar surface area (TPSA) is 32.7 Å². The zero-order valence-corrected chi connectivity index (χ0v) is 15.6. The van der Waals surface area contributed by atoms with Gasteiger partial charge in [-0.2, -0.15) is 0 Å². The lowest BCUT2D eigenvalue weighted by Crippen LogP contribution is -2.21. The quantitative estimate of drug-likeness (QED) is 0.782. The van der Waals surface area contributed by atoms with Crippen molar-refractivity contribution in [2.75, 3.05) is 27.7 Å². The summed E-state index contributed by atoms with van der Waals surface area (Å²) in [6, 6.07) is 18.5. The number of aliphatic hydroxyl groups is 1. The van der Waals surface area contributed by atoms with Gasteiger partial charge in [-0.25, -0.2) is 0 Å². The van der Waals surface area contributed by atoms with Crippen molar-refractivity contribution in [2.24, 2.45) is 0 Å². The molecule has 0 heterocycles. The maximum Gasteiger partial charge on any atom is 0.119 e. The number of rotatable bonds is 8. The van der Waals surface area contributed by atoms with Crippen molar-refractivity contribution in [2.45, 2.75) is 25.4 Å². The highest BCUT2D eigenvalue weighted by Crippen LogP contribution is 2.33. The molecule has 3 heteroatoms. The van der Waals surface area contributed by atoms with Crippen LogP contribution in [0.15, 0.2) is 60.2 Å². The van der Waals surface area contributed by atoms with Gasteiger partial charge in [0.15, 0.2) is 0 Å². The van der Waals surface area contributed by atoms with E-state index in [-0.39, 0.29) is 12.0 Å². The Hall–Kier alpha value is -2.10. The fourth-order valence-corrected chi connectivity index (χ4v) is 3.09. The van der Waals surface area contributed by atoms with E-state index in [1.165, 1.54) is 16.7 Å². The molecule has 2 atom stereocenters. The molecular weight excluding hydrogens is 310 g/mol. The van der Waals surface area contributed by atoms with Crippen molar-refractivity contribution in [1.29, 1.82) is 0 Å². The van der Waals surface area contributed by atoms with E-state index in [2.05, 4.69) is 49.3 Å². The second-order valence-corrected chi connectivity index (χ2v) is 6.78. The molecule has 25 heavy (non-hydrogen) atoms. The van der Waals surface area contributed by atoms with E-state index < -0.39 is 0 Å². The van der Waals surface area contributed by atoms with Crippen LogP contribution in [-0.2, 0) is 0 Å². The third-order valence-corrected chi connectivity index (χ3v) is 4.17. The smallest absolute Gasteiger partial charge is 0.119 e. The number of ether oxygens (including phenoxy) is 1. The average Bonchev–Trinajstić information content (AvgIpc) is 2.59. The lowest BCUT2D eigenvalue weighted by Gasteiger charge is -2.25. The van der Waals surface area contributed by atoms with E-state index in [4.69, 9.17) is 4.74 Å². The third-order valence-electron chi connectivity index (χ3n) is 4.17. The predicted octanol–water partition coefficient (Wildman–Crippen LogP) is 4.19. The number of hydrogen-bond donors (Lipinski definition) is 1. The van der Waals surface area contributed by atoms with Gasteiger partial charge in [-0.3, -0.25) is 0 Å². The molecule has 0 fully saturated rings. The number of likely N-dealkylation sites (N-methyl/N-ethyl adjacent to an activating group) is 1. The van der Waals surface area contributed by atoms with Crippen LogP contribution in [-0.4, -0.2) is 43.9 Å². The normalized spacial score (nSPS) is 14.4. The number of methoxy groups -OCH3 is 1. The SMILES string of the molecule is COc1cccc(C(CC(C)O)/C(=C/c2ccccc2)CN(C)C)c1. The highest BCUT2D eigenvalue weighted by atomic mass is 16.5. The molecule has 0 amide bonds. The van der Waals surface area contributed by atoms with Crippen molar-refractivity contribution in [3.05, 3.63) is 71.3 Å². The molecule has 0 aliphatic rings. The van der Waals surface area contributed by atoms with Crippen molar-refractivity contribution >= 4 is 6.08 Å². The van der Waals surface area contributed by atoms with Crippen LogP contribution in [0.1, 0.15) is 30.4 Å². The van der Waals surface area contributed by atoms with E-state index in [1.807, 2.05) is 37.3 Å². The van der Waals surface area contributed by atoms with Gasteiger partial charge in [0, 0.05) is 12.5 Å². The van der Waals surface area contributed by atoms with Crippen molar-refractivity contribution in [3.63, 3.8) is 0 Å². The molecule has 0 aliphatic heterocycles. The van der Waals surface area contributed by atoms with Crippen molar-refractivity contribution in [1.82, 2.24) is 4.90 Å². The molecular formula is C22H29NO2. The van der Waals surface area contributed by atoms with Gasteiger partial charge >= 0.3 is 0 Å². The number of aliphatic hydroxyl groups excluding tert-OH is 1. The lowest BCUT2D eigenvalue weighted by molar-refractivity contribution is 0.177. The van der Waals surface area contributed by atoms with Gasteiger partial charge in [0.05, 0.1) is 13.2 Å². The number of benzene rings is 2. The Morgan fingerprint density at radius 3 is 2.44 bits per heavy atom. The maximum absolute atomic E-state index is 10.1. The monoisotopic (exact) mass is 339 g/mol. The summed E-state index contributed by atoms with van der Waals surface area (Å²) >= 11 is 0. The second-order valence-electron chi connectivity index (χ2n) is 6.78. The number of nitrogens with zero attached hydrogens (tertiary/aromatic N) is 1. The maximum atomic E-state index is 10.1. The van der Waals surface area contributed by atoms with Crippen LogP contribution in [0, 0.1) is 0 Å². The van der Waals surface area contributed by atoms with E-state index >= 15 is 0 Å². The first-order valence-corrected chi connectivity index (χ1v) is 8.72. The lowest BCUT2D eigenvalue weighted by atomic mass is 9.85. The molecule has 0 radical (unpaired) electrons. The Kier molecular flexibility index (Phi) is 7.23. The Bertz CT molecular complexity index is 677. The second kappa shape index (κ2) is 9.40. The average molecular weight is 339 g/mol. The molecule has 0 spiro atoms. The van der Waals surface area contributed by atoms with Crippen LogP contribution < -0.4 is 4.74 Å². The molecule has 0 aromatic heterocycles. The first kappa shape index (κ1) is 19.2. The zero-order valence-electron chi connectivity index (χ0n) is 15.6. The van der Waals surface area contributed by atoms with E-state index in [0.717, 1.165) is 12.3 Å². The van der Waals surface area contributed by atoms with Crippen molar-refractivity contribution < 1.29 is 9.84 Å². The molecule has 0 bridgehead atoms. The molecule has 134 valence electrons. The molecule has 0 saturated carbocycles. The van der Waals surface area contributed by atoms with Crippen LogP contribution in [0.5, 0.6) is 5.75 Å². The van der Waals surface area contributed by atoms with E-state index in [1.54, 1.807) is 7.11 Å². The van der Waals surface area contributed by atoms with Gasteiger partial charge in [0.1, 0.15) is 5.75 Å². The molecule has 2 aromatic carbocycles. The summed E-state index contributed by atoms with van der Waals surface area (Å²) in [5, 5.41) is 10.1. The summed E-state index contributed by atoms with van der Waals surface area (Å²) in [5.41, 5.74) is 3.63. The van der Waals surface area contributed by atoms with Crippen LogP contribution in [0.3, 0.4) is 0 Å². The number of hydrogen-bond acceptors (Lipinski definition) is 3. The first-order chi connectivity index (χ1) is 12.0. The van der Waals surface area contributed by atoms with Gasteiger partial charge in [0.2, 0.25) is 0 Å². The minimum atomic E-state index is -0.377. The molecule has 2 unspecified atom stereocenters. The van der Waals surface area contributed by atoms with E-state index in [0.29, 0.717) is 6.42 Å². The van der Waals surface area contributed by atoms with Crippen molar-refractivity contribution in [3.8, 4) is 5.75 Å². The molecule has 2 rings (SSSR count). The highest BCUT2D eigenvalue weighted by Gasteiger charge is 2.20. The molecule has 1 N–H and O–H groups in total. The minimum Gasteiger partial charge on any atom is -0.497 e. The molecule has 0 saturated heterocycles.